The van der Waals surface area contributed by atoms with E-state index >= 15 is 0 Å². The highest BCUT2D eigenvalue weighted by atomic mass is 16.5. The Bertz CT molecular complexity index is 400. The molecule has 5 nitrogen and oxygen atoms in total. The number of ether oxygens (including phenoxy) is 2. The van der Waals surface area contributed by atoms with Gasteiger partial charge < -0.3 is 14.4 Å². The molecule has 1 aliphatic carbocycles. The zero-order valence-corrected chi connectivity index (χ0v) is 15.3. The fourth-order valence-corrected chi connectivity index (χ4v) is 3.88. The molecule has 0 bridgehead atoms. The molecule has 1 heterocycles. The second-order valence-electron chi connectivity index (χ2n) is 7.40. The molecule has 0 aromatic heterocycles. The molecule has 1 amide bonds. The van der Waals surface area contributed by atoms with Gasteiger partial charge in [-0.2, -0.15) is 0 Å². The number of carbonyl (C=O) groups excluding carboxylic acids is 2. The lowest BCUT2D eigenvalue weighted by Gasteiger charge is -2.28. The summed E-state index contributed by atoms with van der Waals surface area (Å²) in [7, 11) is 1.40. The predicted molar refractivity (Wildman–Crippen MR) is 92.5 cm³/mol. The molecule has 2 unspecified atom stereocenters. The van der Waals surface area contributed by atoms with Gasteiger partial charge in [0.25, 0.3) is 0 Å². The molecule has 0 radical (unpaired) electrons. The Labute approximate surface area is 146 Å². The molecular weight excluding hydrogens is 306 g/mol. The van der Waals surface area contributed by atoms with Gasteiger partial charge in [0.05, 0.1) is 19.1 Å². The summed E-state index contributed by atoms with van der Waals surface area (Å²) in [6, 6.07) is 0. The van der Waals surface area contributed by atoms with Crippen molar-refractivity contribution >= 4 is 11.9 Å². The first-order valence-electron chi connectivity index (χ1n) is 9.57. The lowest BCUT2D eigenvalue weighted by molar-refractivity contribution is -0.147. The van der Waals surface area contributed by atoms with Gasteiger partial charge in [-0.1, -0.05) is 39.0 Å². The van der Waals surface area contributed by atoms with Gasteiger partial charge in [-0.15, -0.1) is 0 Å². The molecule has 2 rings (SSSR count). The van der Waals surface area contributed by atoms with Crippen LogP contribution in [0.4, 0.5) is 0 Å². The molecule has 0 aromatic rings. The van der Waals surface area contributed by atoms with Crippen LogP contribution < -0.4 is 0 Å². The van der Waals surface area contributed by atoms with Crippen molar-refractivity contribution in [2.24, 2.45) is 11.8 Å². The summed E-state index contributed by atoms with van der Waals surface area (Å²) in [6.45, 7) is 3.63. The van der Waals surface area contributed by atoms with Crippen LogP contribution in [0.15, 0.2) is 0 Å². The van der Waals surface area contributed by atoms with Crippen LogP contribution in [0.2, 0.25) is 0 Å². The van der Waals surface area contributed by atoms with Gasteiger partial charge in [-0.25, -0.2) is 0 Å². The molecule has 2 fully saturated rings. The second kappa shape index (κ2) is 10.0. The van der Waals surface area contributed by atoms with Crippen molar-refractivity contribution < 1.29 is 19.1 Å². The van der Waals surface area contributed by atoms with Crippen LogP contribution in [0.1, 0.15) is 64.7 Å². The predicted octanol–water partition coefficient (Wildman–Crippen LogP) is 3.16. The van der Waals surface area contributed by atoms with Gasteiger partial charge >= 0.3 is 5.97 Å². The minimum absolute atomic E-state index is 0.119. The van der Waals surface area contributed by atoms with E-state index in [1.165, 1.54) is 39.2 Å². The summed E-state index contributed by atoms with van der Waals surface area (Å²) in [6.07, 6.45) is 10.2. The topological polar surface area (TPSA) is 55.8 Å². The molecule has 1 saturated heterocycles. The van der Waals surface area contributed by atoms with Gasteiger partial charge in [-0.3, -0.25) is 9.59 Å². The van der Waals surface area contributed by atoms with E-state index in [-0.39, 0.29) is 23.9 Å². The lowest BCUT2D eigenvalue weighted by atomic mass is 9.86. The molecule has 138 valence electrons. The maximum atomic E-state index is 12.7. The molecule has 1 saturated carbocycles. The van der Waals surface area contributed by atoms with E-state index < -0.39 is 0 Å². The maximum Gasteiger partial charge on any atom is 0.310 e. The lowest BCUT2D eigenvalue weighted by Crippen LogP contribution is -2.41. The average molecular weight is 339 g/mol. The standard InChI is InChI=1S/C19H33NO4/c1-15(19(22)23-2)13-20(14-17-9-6-12-24-17)18(21)11-10-16-7-4-3-5-8-16/h15-17H,3-14H2,1-2H3. The number of hydrogen-bond acceptors (Lipinski definition) is 4. The van der Waals surface area contributed by atoms with E-state index in [9.17, 15) is 9.59 Å². The SMILES string of the molecule is COC(=O)C(C)CN(CC1CCCO1)C(=O)CCC1CCCCC1. The third kappa shape index (κ3) is 6.08. The Morgan fingerprint density at radius 2 is 1.92 bits per heavy atom. The zero-order valence-electron chi connectivity index (χ0n) is 15.3. The van der Waals surface area contributed by atoms with E-state index in [0.29, 0.717) is 25.4 Å². The smallest absolute Gasteiger partial charge is 0.310 e. The summed E-state index contributed by atoms with van der Waals surface area (Å²) >= 11 is 0. The molecule has 5 heteroatoms. The van der Waals surface area contributed by atoms with E-state index in [2.05, 4.69) is 0 Å². The highest BCUT2D eigenvalue weighted by Crippen LogP contribution is 2.27. The third-order valence-electron chi connectivity index (χ3n) is 5.39. The minimum atomic E-state index is -0.296. The Hall–Kier alpha value is -1.10. The zero-order chi connectivity index (χ0) is 17.4. The molecule has 2 atom stereocenters. The van der Waals surface area contributed by atoms with Crippen LogP contribution in [-0.2, 0) is 19.1 Å². The first-order chi connectivity index (χ1) is 11.6. The van der Waals surface area contributed by atoms with Gasteiger partial charge in [0, 0.05) is 26.1 Å². The molecular formula is C19H33NO4. The fraction of sp³-hybridized carbons (Fsp3) is 0.895. The average Bonchev–Trinajstić information content (AvgIpc) is 3.12. The number of amides is 1. The summed E-state index contributed by atoms with van der Waals surface area (Å²) < 4.78 is 10.5. The Morgan fingerprint density at radius 1 is 1.17 bits per heavy atom. The number of esters is 1. The van der Waals surface area contributed by atoms with Crippen molar-refractivity contribution in [3.8, 4) is 0 Å². The van der Waals surface area contributed by atoms with Crippen LogP contribution in [0.5, 0.6) is 0 Å². The number of nitrogens with zero attached hydrogens (tertiary/aromatic N) is 1. The summed E-state index contributed by atoms with van der Waals surface area (Å²) in [5.74, 6) is 0.305. The normalized spacial score (nSPS) is 23.0. The van der Waals surface area contributed by atoms with Gasteiger partial charge in [0.15, 0.2) is 0 Å². The largest absolute Gasteiger partial charge is 0.469 e. The van der Waals surface area contributed by atoms with Crippen molar-refractivity contribution in [3.63, 3.8) is 0 Å². The van der Waals surface area contributed by atoms with Crippen LogP contribution in [0.25, 0.3) is 0 Å². The molecule has 0 N–H and O–H groups in total. The van der Waals surface area contributed by atoms with E-state index in [1.807, 2.05) is 11.8 Å². The summed E-state index contributed by atoms with van der Waals surface area (Å²) in [4.78, 5) is 26.3. The van der Waals surface area contributed by atoms with Crippen molar-refractivity contribution in [1.82, 2.24) is 4.90 Å². The number of methoxy groups -OCH3 is 1. The minimum Gasteiger partial charge on any atom is -0.469 e. The van der Waals surface area contributed by atoms with Crippen molar-refractivity contribution in [2.75, 3.05) is 26.8 Å². The first-order valence-corrected chi connectivity index (χ1v) is 9.57. The number of carbonyl (C=O) groups is 2. The number of hydrogen-bond donors (Lipinski definition) is 0. The summed E-state index contributed by atoms with van der Waals surface area (Å²) in [5.41, 5.74) is 0. The van der Waals surface area contributed by atoms with Gasteiger partial charge in [0.1, 0.15) is 0 Å². The Morgan fingerprint density at radius 3 is 2.54 bits per heavy atom. The monoisotopic (exact) mass is 339 g/mol. The highest BCUT2D eigenvalue weighted by Gasteiger charge is 2.26. The quantitative estimate of drug-likeness (QED) is 0.637. The van der Waals surface area contributed by atoms with Crippen molar-refractivity contribution in [3.05, 3.63) is 0 Å². The second-order valence-corrected chi connectivity index (χ2v) is 7.40. The first kappa shape index (κ1) is 19.2. The van der Waals surface area contributed by atoms with E-state index in [0.717, 1.165) is 25.9 Å². The van der Waals surface area contributed by atoms with Crippen molar-refractivity contribution in [2.45, 2.75) is 70.8 Å². The van der Waals surface area contributed by atoms with Gasteiger partial charge in [0.2, 0.25) is 5.91 Å². The van der Waals surface area contributed by atoms with Crippen LogP contribution >= 0.6 is 0 Å². The van der Waals surface area contributed by atoms with E-state index in [4.69, 9.17) is 9.47 Å². The van der Waals surface area contributed by atoms with Crippen LogP contribution in [-0.4, -0.2) is 49.7 Å². The van der Waals surface area contributed by atoms with E-state index in [1.54, 1.807) is 0 Å². The third-order valence-corrected chi connectivity index (χ3v) is 5.39. The molecule has 24 heavy (non-hydrogen) atoms. The Kier molecular flexibility index (Phi) is 8.03. The molecule has 0 spiro atoms. The maximum absolute atomic E-state index is 12.7. The molecule has 1 aliphatic heterocycles. The Balaban J connectivity index is 1.86. The summed E-state index contributed by atoms with van der Waals surface area (Å²) in [5, 5.41) is 0. The number of rotatable bonds is 8. The van der Waals surface area contributed by atoms with Crippen LogP contribution in [0.3, 0.4) is 0 Å². The molecule has 2 aliphatic rings. The van der Waals surface area contributed by atoms with Crippen molar-refractivity contribution in [1.29, 1.82) is 0 Å². The highest BCUT2D eigenvalue weighted by molar-refractivity contribution is 5.78. The van der Waals surface area contributed by atoms with Gasteiger partial charge in [-0.05, 0) is 25.2 Å². The fourth-order valence-electron chi connectivity index (χ4n) is 3.88. The van der Waals surface area contributed by atoms with Crippen LogP contribution in [0, 0.1) is 11.8 Å². The molecule has 0 aromatic carbocycles.